The minimum atomic E-state index is -1.82. The number of carbonyl (C=O) groups is 5. The topological polar surface area (TPSA) is 181 Å². The molecule has 0 aliphatic heterocycles. The van der Waals surface area contributed by atoms with Gasteiger partial charge < -0.3 is 38.6 Å². The van der Waals surface area contributed by atoms with Gasteiger partial charge in [0.2, 0.25) is 5.78 Å². The molecular formula is C62H92O13. The lowest BCUT2D eigenvalue weighted by molar-refractivity contribution is -0.182. The van der Waals surface area contributed by atoms with Crippen LogP contribution in [-0.2, 0) is 52.4 Å². The van der Waals surface area contributed by atoms with Crippen molar-refractivity contribution in [2.24, 2.45) is 80.8 Å². The fourth-order valence-corrected chi connectivity index (χ4v) is 17.3. The van der Waals surface area contributed by atoms with Crippen LogP contribution in [0.1, 0.15) is 158 Å². The molecule has 8 rings (SSSR count). The van der Waals surface area contributed by atoms with Crippen LogP contribution >= 0.6 is 0 Å². The molecule has 0 heterocycles. The largest absolute Gasteiger partial charge is 0.463 e. The highest BCUT2D eigenvalue weighted by atomic mass is 16.6. The lowest BCUT2D eigenvalue weighted by Crippen LogP contribution is -2.61. The summed E-state index contributed by atoms with van der Waals surface area (Å²) in [6.45, 7) is 19.1. The van der Waals surface area contributed by atoms with Gasteiger partial charge in [-0.2, -0.15) is 0 Å². The van der Waals surface area contributed by atoms with Gasteiger partial charge in [-0.3, -0.25) is 19.2 Å². The van der Waals surface area contributed by atoms with Crippen molar-refractivity contribution in [3.8, 4) is 0 Å². The highest BCUT2D eigenvalue weighted by Crippen LogP contribution is 2.69. The zero-order chi connectivity index (χ0) is 53.9. The van der Waals surface area contributed by atoms with Crippen LogP contribution in [-0.4, -0.2) is 110 Å². The number of ether oxygens (including phenoxy) is 6. The van der Waals surface area contributed by atoms with Crippen LogP contribution in [0, 0.1) is 80.8 Å². The lowest BCUT2D eigenvalue weighted by Gasteiger charge is -2.59. The summed E-state index contributed by atoms with van der Waals surface area (Å²) >= 11 is 0. The fourth-order valence-electron chi connectivity index (χ4n) is 17.3. The average Bonchev–Trinajstić information content (AvgIpc) is 3.87. The number of allylic oxidation sites excluding steroid dienone is 7. The van der Waals surface area contributed by atoms with Crippen molar-refractivity contribution in [1.29, 1.82) is 0 Å². The quantitative estimate of drug-likeness (QED) is 0.0428. The molecule has 2 N–H and O–H groups in total. The summed E-state index contributed by atoms with van der Waals surface area (Å²) in [6, 6.07) is 0. The molecule has 13 nitrogen and oxygen atoms in total. The summed E-state index contributed by atoms with van der Waals surface area (Å²) in [7, 11) is 0. The van der Waals surface area contributed by atoms with Crippen molar-refractivity contribution in [2.75, 3.05) is 52.9 Å². The van der Waals surface area contributed by atoms with Crippen molar-refractivity contribution >= 4 is 29.5 Å². The van der Waals surface area contributed by atoms with Gasteiger partial charge in [-0.1, -0.05) is 90.8 Å². The maximum atomic E-state index is 13.6. The van der Waals surface area contributed by atoms with Crippen molar-refractivity contribution < 1.29 is 62.6 Å². The minimum Gasteiger partial charge on any atom is -0.463 e. The number of aliphatic hydroxyl groups is 2. The molecule has 13 heteroatoms. The second kappa shape index (κ2) is 23.9. The van der Waals surface area contributed by atoms with Crippen LogP contribution in [0.25, 0.3) is 0 Å². The molecule has 0 unspecified atom stereocenters. The highest BCUT2D eigenvalue weighted by Gasteiger charge is 2.68. The number of hydrogen-bond acceptors (Lipinski definition) is 13. The summed E-state index contributed by atoms with van der Waals surface area (Å²) in [6.07, 6.45) is 25.4. The van der Waals surface area contributed by atoms with E-state index < -0.39 is 59.4 Å². The number of Topliss-reactive ketones (excluding diaryl/α,β-unsaturated/α-hetero) is 1. The summed E-state index contributed by atoms with van der Waals surface area (Å²) in [5.41, 5.74) is 0.145. The number of ketones is 2. The molecule has 0 spiro atoms. The monoisotopic (exact) mass is 1040 g/mol. The Balaban J connectivity index is 0.646. The maximum absolute atomic E-state index is 13.6. The normalized spacial score (nSPS) is 38.5. The van der Waals surface area contributed by atoms with Crippen molar-refractivity contribution in [1.82, 2.24) is 0 Å². The zero-order valence-electron chi connectivity index (χ0n) is 46.7. The lowest BCUT2D eigenvalue weighted by atomic mass is 9.46. The number of carbonyl (C=O) groups excluding carboxylic acids is 5. The molecule has 0 aromatic heterocycles. The number of hydrogen-bond donors (Lipinski definition) is 2. The van der Waals surface area contributed by atoms with E-state index in [4.69, 9.17) is 28.4 Å². The van der Waals surface area contributed by atoms with Gasteiger partial charge in [-0.05, 0) is 166 Å². The van der Waals surface area contributed by atoms with E-state index in [0.29, 0.717) is 62.4 Å². The number of esters is 3. The number of aliphatic hydroxyl groups excluding tert-OH is 1. The van der Waals surface area contributed by atoms with Gasteiger partial charge in [0.05, 0.1) is 58.1 Å². The van der Waals surface area contributed by atoms with Gasteiger partial charge in [0, 0.05) is 16.7 Å². The number of fused-ring (bicyclic) bond motifs is 10. The van der Waals surface area contributed by atoms with E-state index in [0.717, 1.165) is 48.5 Å². The fraction of sp³-hybridized carbons (Fsp3) is 0.790. The summed E-state index contributed by atoms with van der Waals surface area (Å²) in [5, 5.41) is 23.5. The molecular weight excluding hydrogens is 953 g/mol. The molecule has 0 amide bonds. The Bertz CT molecular complexity index is 2210. The van der Waals surface area contributed by atoms with Crippen molar-refractivity contribution in [3.63, 3.8) is 0 Å². The van der Waals surface area contributed by atoms with Gasteiger partial charge in [-0.15, -0.1) is 0 Å². The van der Waals surface area contributed by atoms with E-state index in [-0.39, 0.29) is 74.0 Å². The summed E-state index contributed by atoms with van der Waals surface area (Å²) in [4.78, 5) is 62.8. The van der Waals surface area contributed by atoms with Crippen LogP contribution < -0.4 is 0 Å². The predicted molar refractivity (Wildman–Crippen MR) is 284 cm³/mol. The van der Waals surface area contributed by atoms with Gasteiger partial charge >= 0.3 is 17.9 Å². The van der Waals surface area contributed by atoms with Gasteiger partial charge in [0.25, 0.3) is 0 Å². The molecule has 8 aliphatic rings. The molecule has 6 saturated carbocycles. The van der Waals surface area contributed by atoms with Crippen LogP contribution in [0.2, 0.25) is 0 Å². The third-order valence-electron chi connectivity index (χ3n) is 21.6. The first-order valence-corrected chi connectivity index (χ1v) is 29.2. The smallest absolute Gasteiger partial charge is 0.344 e. The third kappa shape index (κ3) is 11.7. The molecule has 16 atom stereocenters. The van der Waals surface area contributed by atoms with Gasteiger partial charge in [0.1, 0.15) is 12.2 Å². The second-order valence-electron chi connectivity index (χ2n) is 25.6. The second-order valence-corrected chi connectivity index (χ2v) is 25.6. The standard InChI is InChI=1S/C62H92O13/c1-9-41(39(2)3)11-10-40(4)48-16-17-49-46-14-12-43-35-45(21-25-58(43,5)50(46)22-26-60(48,49)7)72-32-30-70-28-29-71-31-33-73-54(66)18-19-55(67)75-38-56(68)74-37-53(65)62(69)27-23-51-47-15-13-42-34-44(63)20-24-59(42,6)57(47)52(64)36-61(51,62)8/h10-12,20,24,34,39-41,45-52,57,64,69H,9,13-19,21-23,25-33,35-38H2,1-8H3/b11-10+/t40-,41-,45+,46+,47+,48-,49+,50+,51+,52+,57-,58+,59+,60-,61+,62+/m1/s1. The Hall–Kier alpha value is -3.49. The average molecular weight is 1050 g/mol. The van der Waals surface area contributed by atoms with Crippen molar-refractivity contribution in [3.05, 3.63) is 47.6 Å². The first-order chi connectivity index (χ1) is 35.7. The van der Waals surface area contributed by atoms with E-state index >= 15 is 0 Å². The number of rotatable bonds is 23. The Morgan fingerprint density at radius 3 is 2.17 bits per heavy atom. The molecule has 6 fully saturated rings. The predicted octanol–water partition coefficient (Wildman–Crippen LogP) is 9.85. The van der Waals surface area contributed by atoms with E-state index in [1.165, 1.54) is 44.9 Å². The molecule has 0 saturated heterocycles. The minimum absolute atomic E-state index is 0.00817. The Labute approximate surface area is 447 Å². The van der Waals surface area contributed by atoms with E-state index in [9.17, 15) is 34.2 Å². The van der Waals surface area contributed by atoms with Crippen LogP contribution in [0.5, 0.6) is 0 Å². The first kappa shape index (κ1) is 57.7. The maximum Gasteiger partial charge on any atom is 0.344 e. The Kier molecular flexibility index (Phi) is 18.3. The zero-order valence-corrected chi connectivity index (χ0v) is 46.7. The SMILES string of the molecule is CC[C@H](/C=C/[C@@H](C)[C@H]1CC[C@H]2[C@@H]3CC=C4C[C@@H](OCCOCCOCCOC(=O)CCC(=O)OCC(=O)OCC(=O)[C@@]5(O)CC[C@H]6[C@@H]7CCC8=CC(=O)C=C[C@]8(C)[C@H]7[C@@H](O)C[C@@]65C)CC[C@]4(C)[C@H]3CC[C@]12C)C(C)C. The highest BCUT2D eigenvalue weighted by molar-refractivity contribution is 6.01. The van der Waals surface area contributed by atoms with Crippen LogP contribution in [0.3, 0.4) is 0 Å². The molecule has 8 aliphatic carbocycles. The Morgan fingerprint density at radius 1 is 0.747 bits per heavy atom. The van der Waals surface area contributed by atoms with Gasteiger partial charge in [0.15, 0.2) is 19.0 Å². The molecule has 418 valence electrons. The van der Waals surface area contributed by atoms with Gasteiger partial charge in [-0.25, -0.2) is 4.79 Å². The molecule has 75 heavy (non-hydrogen) atoms. The molecule has 0 radical (unpaired) electrons. The van der Waals surface area contributed by atoms with E-state index in [2.05, 4.69) is 66.7 Å². The summed E-state index contributed by atoms with van der Waals surface area (Å²) in [5.74, 6) is 1.94. The van der Waals surface area contributed by atoms with E-state index in [1.54, 1.807) is 17.7 Å². The summed E-state index contributed by atoms with van der Waals surface area (Å²) < 4.78 is 33.0. The molecule has 0 aromatic rings. The van der Waals surface area contributed by atoms with Crippen molar-refractivity contribution in [2.45, 2.75) is 176 Å². The van der Waals surface area contributed by atoms with Crippen LogP contribution in [0.15, 0.2) is 47.6 Å². The van der Waals surface area contributed by atoms with E-state index in [1.807, 2.05) is 13.0 Å². The molecule has 0 bridgehead atoms. The van der Waals surface area contributed by atoms with Crippen LogP contribution in [0.4, 0.5) is 0 Å². The Morgan fingerprint density at radius 2 is 1.44 bits per heavy atom. The third-order valence-corrected chi connectivity index (χ3v) is 21.6. The molecule has 0 aromatic carbocycles. The first-order valence-electron chi connectivity index (χ1n) is 29.2.